The molecule has 0 radical (unpaired) electrons. The van der Waals surface area contributed by atoms with Crippen molar-refractivity contribution >= 4 is 12.1 Å². The van der Waals surface area contributed by atoms with Gasteiger partial charge in [-0.25, -0.2) is 0 Å². The van der Waals surface area contributed by atoms with Crippen LogP contribution in [0.15, 0.2) is 0 Å². The average molecular weight is 188 g/mol. The van der Waals surface area contributed by atoms with Gasteiger partial charge in [0.1, 0.15) is 12.1 Å². The van der Waals surface area contributed by atoms with E-state index in [4.69, 9.17) is 9.47 Å². The van der Waals surface area contributed by atoms with E-state index >= 15 is 0 Å². The van der Waals surface area contributed by atoms with Crippen molar-refractivity contribution in [3.8, 4) is 0 Å². The van der Waals surface area contributed by atoms with Gasteiger partial charge in [-0.1, -0.05) is 0 Å². The van der Waals surface area contributed by atoms with Gasteiger partial charge in [0.15, 0.2) is 0 Å². The monoisotopic (exact) mass is 188 g/mol. The van der Waals surface area contributed by atoms with E-state index in [1.54, 1.807) is 6.92 Å². The van der Waals surface area contributed by atoms with E-state index in [0.717, 1.165) is 0 Å². The second-order valence-corrected chi connectivity index (χ2v) is 2.56. The van der Waals surface area contributed by atoms with Crippen molar-refractivity contribution in [2.75, 3.05) is 6.61 Å². The Morgan fingerprint density at radius 2 is 2.54 bits per heavy atom. The van der Waals surface area contributed by atoms with E-state index in [1.165, 1.54) is 0 Å². The largest absolute Gasteiger partial charge is 0.530 e. The fraction of sp³-hybridized carbons (Fsp3) is 0.714. The zero-order chi connectivity index (χ0) is 9.84. The minimum atomic E-state index is -1.44. The number of nitrogens with one attached hydrogen (secondary N) is 1. The third kappa shape index (κ3) is 2.59. The van der Waals surface area contributed by atoms with E-state index in [9.17, 15) is 14.7 Å². The summed E-state index contributed by atoms with van der Waals surface area (Å²) >= 11 is 0. The van der Waals surface area contributed by atoms with Gasteiger partial charge in [0.25, 0.3) is 0 Å². The predicted molar refractivity (Wildman–Crippen MR) is 38.4 cm³/mol. The first kappa shape index (κ1) is 9.79. The minimum Gasteiger partial charge on any atom is -0.530 e. The fourth-order valence-corrected chi connectivity index (χ4v) is 1.12. The Morgan fingerprint density at radius 3 is 3.08 bits per heavy atom. The lowest BCUT2D eigenvalue weighted by Crippen LogP contribution is -2.47. The molecule has 6 nitrogen and oxygen atoms in total. The lowest BCUT2D eigenvalue weighted by atomic mass is 10.2. The number of carbonyl (C=O) groups is 2. The zero-order valence-corrected chi connectivity index (χ0v) is 7.11. The molecule has 1 fully saturated rings. The van der Waals surface area contributed by atoms with Gasteiger partial charge < -0.3 is 24.7 Å². The Bertz CT molecular complexity index is 217. The molecule has 1 N–H and O–H groups in total. The van der Waals surface area contributed by atoms with Gasteiger partial charge in [-0.05, 0) is 6.92 Å². The van der Waals surface area contributed by atoms with Gasteiger partial charge in [0, 0.05) is 6.61 Å². The molecule has 74 valence electrons. The molecule has 1 saturated heterocycles. The zero-order valence-electron chi connectivity index (χ0n) is 7.11. The van der Waals surface area contributed by atoms with Crippen LogP contribution in [-0.2, 0) is 14.3 Å². The summed E-state index contributed by atoms with van der Waals surface area (Å²) in [7, 11) is 0. The maximum Gasteiger partial charge on any atom is 0.310 e. The van der Waals surface area contributed by atoms with Crippen LogP contribution in [0.25, 0.3) is 0 Å². The van der Waals surface area contributed by atoms with Gasteiger partial charge >= 0.3 is 5.97 Å². The van der Waals surface area contributed by atoms with E-state index in [-0.39, 0.29) is 6.42 Å². The van der Waals surface area contributed by atoms with Crippen LogP contribution in [0.5, 0.6) is 0 Å². The van der Waals surface area contributed by atoms with Crippen LogP contribution in [0, 0.1) is 0 Å². The summed E-state index contributed by atoms with van der Waals surface area (Å²) in [6.45, 7) is 2.07. The molecule has 13 heavy (non-hydrogen) atoms. The number of rotatable bonds is 3. The van der Waals surface area contributed by atoms with E-state index in [0.29, 0.717) is 6.61 Å². The SMILES string of the molecule is CCOC1OC(=O)CC1NC(=O)[O-]. The molecule has 6 heteroatoms. The highest BCUT2D eigenvalue weighted by molar-refractivity contribution is 5.74. The third-order valence-electron chi connectivity index (χ3n) is 1.60. The summed E-state index contributed by atoms with van der Waals surface area (Å²) in [5.41, 5.74) is 0. The first-order valence-corrected chi connectivity index (χ1v) is 3.92. The second kappa shape index (κ2) is 4.08. The van der Waals surface area contributed by atoms with Crippen molar-refractivity contribution in [3.05, 3.63) is 0 Å². The molecule has 1 rings (SSSR count). The number of carbonyl (C=O) groups excluding carboxylic acids is 2. The Morgan fingerprint density at radius 1 is 1.85 bits per heavy atom. The van der Waals surface area contributed by atoms with Crippen molar-refractivity contribution < 1.29 is 24.2 Å². The molecule has 1 heterocycles. The first-order valence-electron chi connectivity index (χ1n) is 3.92. The standard InChI is InChI=1S/C7H11NO5/c1-2-12-6-4(8-7(10)11)3-5(9)13-6/h4,6,8H,2-3H2,1H3,(H,10,11)/p-1. The molecule has 1 amide bonds. The van der Waals surface area contributed by atoms with Crippen LogP contribution in [-0.4, -0.2) is 31.0 Å². The Hall–Kier alpha value is -1.30. The highest BCUT2D eigenvalue weighted by atomic mass is 16.7. The molecule has 1 aliphatic heterocycles. The minimum absolute atomic E-state index is 0.0152. The Kier molecular flexibility index (Phi) is 3.07. The summed E-state index contributed by atoms with van der Waals surface area (Å²) in [5, 5.41) is 12.2. The van der Waals surface area contributed by atoms with E-state index < -0.39 is 24.4 Å². The van der Waals surface area contributed by atoms with Gasteiger partial charge in [0.05, 0.1) is 6.42 Å². The summed E-state index contributed by atoms with van der Waals surface area (Å²) in [5.74, 6) is -0.475. The van der Waals surface area contributed by atoms with Crippen molar-refractivity contribution in [2.24, 2.45) is 0 Å². The summed E-state index contributed by atoms with van der Waals surface area (Å²) in [4.78, 5) is 20.9. The highest BCUT2D eigenvalue weighted by Gasteiger charge is 2.35. The molecule has 2 atom stereocenters. The summed E-state index contributed by atoms with van der Waals surface area (Å²) in [6.07, 6.45) is -2.28. The number of hydrogen-bond acceptors (Lipinski definition) is 5. The molecule has 1 aliphatic rings. The van der Waals surface area contributed by atoms with Crippen LogP contribution in [0.4, 0.5) is 4.79 Å². The van der Waals surface area contributed by atoms with Crippen LogP contribution < -0.4 is 10.4 Å². The van der Waals surface area contributed by atoms with Crippen LogP contribution >= 0.6 is 0 Å². The topological polar surface area (TPSA) is 87.7 Å². The molecule has 0 saturated carbocycles. The number of hydrogen-bond donors (Lipinski definition) is 1. The van der Waals surface area contributed by atoms with Crippen LogP contribution in [0.1, 0.15) is 13.3 Å². The predicted octanol–water partition coefficient (Wildman–Crippen LogP) is -1.40. The third-order valence-corrected chi connectivity index (χ3v) is 1.60. The molecular weight excluding hydrogens is 178 g/mol. The van der Waals surface area contributed by atoms with Crippen molar-refractivity contribution in [3.63, 3.8) is 0 Å². The Balaban J connectivity index is 2.49. The van der Waals surface area contributed by atoms with Crippen molar-refractivity contribution in [2.45, 2.75) is 25.7 Å². The second-order valence-electron chi connectivity index (χ2n) is 2.56. The quantitative estimate of drug-likeness (QED) is 0.550. The van der Waals surface area contributed by atoms with Crippen molar-refractivity contribution in [1.29, 1.82) is 0 Å². The Labute approximate surface area is 74.8 Å². The van der Waals surface area contributed by atoms with Gasteiger partial charge in [-0.3, -0.25) is 4.79 Å². The number of amides is 1. The number of ether oxygens (including phenoxy) is 2. The molecule has 0 bridgehead atoms. The number of cyclic esters (lactones) is 1. The fourth-order valence-electron chi connectivity index (χ4n) is 1.12. The highest BCUT2D eigenvalue weighted by Crippen LogP contribution is 2.15. The maximum atomic E-state index is 10.8. The molecule has 0 spiro atoms. The molecule has 0 aromatic rings. The van der Waals surface area contributed by atoms with Crippen molar-refractivity contribution in [1.82, 2.24) is 5.32 Å². The average Bonchev–Trinajstić information content (AvgIpc) is 2.31. The lowest BCUT2D eigenvalue weighted by molar-refractivity contribution is -0.253. The van der Waals surface area contributed by atoms with Gasteiger partial charge in [-0.15, -0.1) is 0 Å². The van der Waals surface area contributed by atoms with E-state index in [1.807, 2.05) is 5.32 Å². The molecule has 0 aromatic heterocycles. The summed E-state index contributed by atoms with van der Waals surface area (Å²) < 4.78 is 9.69. The molecule has 2 unspecified atom stereocenters. The molecule has 0 aliphatic carbocycles. The van der Waals surface area contributed by atoms with Crippen LogP contribution in [0.3, 0.4) is 0 Å². The summed E-state index contributed by atoms with van der Waals surface area (Å²) in [6, 6.07) is -0.655. The number of esters is 1. The van der Waals surface area contributed by atoms with Crippen LogP contribution in [0.2, 0.25) is 0 Å². The number of carboxylic acid groups (broad SMARTS) is 1. The van der Waals surface area contributed by atoms with Gasteiger partial charge in [0.2, 0.25) is 6.29 Å². The lowest BCUT2D eigenvalue weighted by Gasteiger charge is -2.19. The van der Waals surface area contributed by atoms with E-state index in [2.05, 4.69) is 0 Å². The normalized spacial score (nSPS) is 27.0. The molecule has 0 aromatic carbocycles. The molecular formula is C7H10NO5-. The van der Waals surface area contributed by atoms with Gasteiger partial charge in [-0.2, -0.15) is 0 Å². The maximum absolute atomic E-state index is 10.8. The smallest absolute Gasteiger partial charge is 0.310 e. The first-order chi connectivity index (χ1) is 6.13.